The van der Waals surface area contributed by atoms with Crippen LogP contribution in [0.5, 0.6) is 11.5 Å². The van der Waals surface area contributed by atoms with Crippen LogP contribution in [0.1, 0.15) is 18.9 Å². The Hall–Kier alpha value is -1.26. The van der Waals surface area contributed by atoms with Crippen LogP contribution in [-0.4, -0.2) is 44.8 Å². The highest BCUT2D eigenvalue weighted by Gasteiger charge is 2.18. The minimum Gasteiger partial charge on any atom is -0.493 e. The molecule has 1 aliphatic heterocycles. The van der Waals surface area contributed by atoms with Gasteiger partial charge >= 0.3 is 0 Å². The predicted octanol–water partition coefficient (Wildman–Crippen LogP) is 1.89. The number of methoxy groups -OCH3 is 1. The van der Waals surface area contributed by atoms with Crippen LogP contribution >= 0.6 is 0 Å². The molecule has 19 heavy (non-hydrogen) atoms. The van der Waals surface area contributed by atoms with Gasteiger partial charge in [0.25, 0.3) is 0 Å². The summed E-state index contributed by atoms with van der Waals surface area (Å²) in [5.74, 6) is 1.62. The van der Waals surface area contributed by atoms with Gasteiger partial charge in [0.05, 0.1) is 13.7 Å². The second-order valence-corrected chi connectivity index (χ2v) is 5.05. The third-order valence-electron chi connectivity index (χ3n) is 3.51. The first kappa shape index (κ1) is 14.2. The minimum atomic E-state index is 0.600. The van der Waals surface area contributed by atoms with Crippen molar-refractivity contribution in [2.75, 3.05) is 33.9 Å². The summed E-state index contributed by atoms with van der Waals surface area (Å²) in [7, 11) is 3.84. The molecule has 1 atom stereocenters. The summed E-state index contributed by atoms with van der Waals surface area (Å²) in [6.07, 6.45) is 1.23. The summed E-state index contributed by atoms with van der Waals surface area (Å²) in [5.41, 5.74) is 1.24. The van der Waals surface area contributed by atoms with Gasteiger partial charge in [0, 0.05) is 19.1 Å². The predicted molar refractivity (Wildman–Crippen MR) is 76.9 cm³/mol. The molecule has 1 saturated heterocycles. The fraction of sp³-hybridized carbons (Fsp3) is 0.600. The van der Waals surface area contributed by atoms with E-state index in [1.165, 1.54) is 18.5 Å². The van der Waals surface area contributed by atoms with Gasteiger partial charge in [-0.15, -0.1) is 0 Å². The third-order valence-corrected chi connectivity index (χ3v) is 3.51. The van der Waals surface area contributed by atoms with Crippen molar-refractivity contribution < 1.29 is 9.47 Å². The van der Waals surface area contributed by atoms with Crippen molar-refractivity contribution >= 4 is 0 Å². The first-order chi connectivity index (χ1) is 9.22. The molecule has 4 nitrogen and oxygen atoms in total. The topological polar surface area (TPSA) is 33.7 Å². The van der Waals surface area contributed by atoms with Crippen LogP contribution in [-0.2, 0) is 6.54 Å². The quantitative estimate of drug-likeness (QED) is 0.850. The van der Waals surface area contributed by atoms with Crippen molar-refractivity contribution in [2.24, 2.45) is 0 Å². The molecule has 1 aromatic rings. The number of nitrogens with one attached hydrogen (secondary N) is 1. The van der Waals surface area contributed by atoms with Crippen LogP contribution in [0.3, 0.4) is 0 Å². The van der Waals surface area contributed by atoms with Crippen LogP contribution in [0.2, 0.25) is 0 Å². The van der Waals surface area contributed by atoms with Gasteiger partial charge in [-0.05, 0) is 44.6 Å². The number of likely N-dealkylation sites (tertiary alicyclic amines) is 1. The lowest BCUT2D eigenvalue weighted by Crippen LogP contribution is -2.30. The lowest BCUT2D eigenvalue weighted by Gasteiger charge is -2.14. The van der Waals surface area contributed by atoms with E-state index >= 15 is 0 Å². The molecule has 1 unspecified atom stereocenters. The SMILES string of the molecule is CCOc1cc(CNC2CCN(C)C2)ccc1OC. The average molecular weight is 264 g/mol. The molecule has 0 amide bonds. The van der Waals surface area contributed by atoms with E-state index in [9.17, 15) is 0 Å². The molecular formula is C15H24N2O2. The van der Waals surface area contributed by atoms with E-state index in [2.05, 4.69) is 29.4 Å². The third kappa shape index (κ3) is 3.85. The van der Waals surface area contributed by atoms with E-state index in [-0.39, 0.29) is 0 Å². The van der Waals surface area contributed by atoms with Gasteiger partial charge in [0.15, 0.2) is 11.5 Å². The normalized spacial score (nSPS) is 19.6. The highest BCUT2D eigenvalue weighted by molar-refractivity contribution is 5.42. The van der Waals surface area contributed by atoms with Crippen molar-refractivity contribution in [1.29, 1.82) is 0 Å². The Balaban J connectivity index is 1.94. The van der Waals surface area contributed by atoms with E-state index < -0.39 is 0 Å². The second kappa shape index (κ2) is 6.78. The summed E-state index contributed by atoms with van der Waals surface area (Å²) in [4.78, 5) is 2.36. The van der Waals surface area contributed by atoms with Crippen molar-refractivity contribution in [3.8, 4) is 11.5 Å². The van der Waals surface area contributed by atoms with Crippen molar-refractivity contribution in [3.05, 3.63) is 23.8 Å². The number of ether oxygens (including phenoxy) is 2. The van der Waals surface area contributed by atoms with E-state index in [1.807, 2.05) is 13.0 Å². The van der Waals surface area contributed by atoms with Gasteiger partial charge < -0.3 is 19.7 Å². The second-order valence-electron chi connectivity index (χ2n) is 5.05. The summed E-state index contributed by atoms with van der Waals surface area (Å²) in [6.45, 7) is 5.83. The number of rotatable bonds is 6. The minimum absolute atomic E-state index is 0.600. The molecule has 1 fully saturated rings. The molecule has 0 spiro atoms. The largest absolute Gasteiger partial charge is 0.493 e. The first-order valence-corrected chi connectivity index (χ1v) is 6.94. The Morgan fingerprint density at radius 2 is 2.21 bits per heavy atom. The molecule has 0 saturated carbocycles. The van der Waals surface area contributed by atoms with Crippen molar-refractivity contribution in [3.63, 3.8) is 0 Å². The molecule has 4 heteroatoms. The fourth-order valence-corrected chi connectivity index (χ4v) is 2.46. The monoisotopic (exact) mass is 264 g/mol. The smallest absolute Gasteiger partial charge is 0.161 e. The highest BCUT2D eigenvalue weighted by Crippen LogP contribution is 2.28. The number of nitrogens with zero attached hydrogens (tertiary/aromatic N) is 1. The molecule has 0 bridgehead atoms. The maximum atomic E-state index is 5.60. The maximum Gasteiger partial charge on any atom is 0.161 e. The molecule has 1 aliphatic rings. The highest BCUT2D eigenvalue weighted by atomic mass is 16.5. The fourth-order valence-electron chi connectivity index (χ4n) is 2.46. The molecular weight excluding hydrogens is 240 g/mol. The zero-order valence-corrected chi connectivity index (χ0v) is 12.1. The van der Waals surface area contributed by atoms with Gasteiger partial charge in [-0.25, -0.2) is 0 Å². The van der Waals surface area contributed by atoms with Crippen LogP contribution in [0.25, 0.3) is 0 Å². The van der Waals surface area contributed by atoms with Gasteiger partial charge in [0.1, 0.15) is 0 Å². The van der Waals surface area contributed by atoms with Crippen LogP contribution in [0.15, 0.2) is 18.2 Å². The molecule has 0 aromatic heterocycles. The van der Waals surface area contributed by atoms with Crippen LogP contribution in [0.4, 0.5) is 0 Å². The molecule has 0 aliphatic carbocycles. The van der Waals surface area contributed by atoms with E-state index in [0.717, 1.165) is 24.6 Å². The number of likely N-dealkylation sites (N-methyl/N-ethyl adjacent to an activating group) is 1. The molecule has 1 N–H and O–H groups in total. The van der Waals surface area contributed by atoms with Crippen LogP contribution in [0, 0.1) is 0 Å². The Labute approximate surface area is 115 Å². The number of benzene rings is 1. The Kier molecular flexibility index (Phi) is 5.05. The Morgan fingerprint density at radius 1 is 1.37 bits per heavy atom. The van der Waals surface area contributed by atoms with Crippen LogP contribution < -0.4 is 14.8 Å². The standard InChI is InChI=1S/C15H24N2O2/c1-4-19-15-9-12(5-6-14(15)18-3)10-16-13-7-8-17(2)11-13/h5-6,9,13,16H,4,7-8,10-11H2,1-3H3. The van der Waals surface area contributed by atoms with Gasteiger partial charge in [-0.1, -0.05) is 6.07 Å². The zero-order chi connectivity index (χ0) is 13.7. The maximum absolute atomic E-state index is 5.60. The summed E-state index contributed by atoms with van der Waals surface area (Å²) in [5, 5.41) is 3.60. The molecule has 2 rings (SSSR count). The van der Waals surface area contributed by atoms with E-state index in [4.69, 9.17) is 9.47 Å². The van der Waals surface area contributed by atoms with Gasteiger partial charge in [-0.2, -0.15) is 0 Å². The van der Waals surface area contributed by atoms with E-state index in [1.54, 1.807) is 7.11 Å². The van der Waals surface area contributed by atoms with Gasteiger partial charge in [-0.3, -0.25) is 0 Å². The molecule has 1 aromatic carbocycles. The van der Waals surface area contributed by atoms with Gasteiger partial charge in [0.2, 0.25) is 0 Å². The number of hydrogen-bond donors (Lipinski definition) is 1. The lowest BCUT2D eigenvalue weighted by atomic mass is 10.1. The zero-order valence-electron chi connectivity index (χ0n) is 12.1. The Morgan fingerprint density at radius 3 is 2.84 bits per heavy atom. The Bertz CT molecular complexity index is 409. The van der Waals surface area contributed by atoms with Crippen molar-refractivity contribution in [2.45, 2.75) is 25.9 Å². The lowest BCUT2D eigenvalue weighted by molar-refractivity contribution is 0.310. The summed E-state index contributed by atoms with van der Waals surface area (Å²) >= 11 is 0. The first-order valence-electron chi connectivity index (χ1n) is 6.94. The average Bonchev–Trinajstić information content (AvgIpc) is 2.83. The number of hydrogen-bond acceptors (Lipinski definition) is 4. The van der Waals surface area contributed by atoms with E-state index in [0.29, 0.717) is 12.6 Å². The molecule has 106 valence electrons. The van der Waals surface area contributed by atoms with Crippen molar-refractivity contribution in [1.82, 2.24) is 10.2 Å². The summed E-state index contributed by atoms with van der Waals surface area (Å²) in [6, 6.07) is 6.73. The molecule has 1 heterocycles. The molecule has 0 radical (unpaired) electrons. The summed E-state index contributed by atoms with van der Waals surface area (Å²) < 4.78 is 10.9.